The number of carbonyl (C=O) groups excluding carboxylic acids is 1. The van der Waals surface area contributed by atoms with E-state index >= 15 is 0 Å². The molecule has 0 fully saturated rings. The van der Waals surface area contributed by atoms with Gasteiger partial charge in [0, 0.05) is 13.0 Å². The number of carboxylic acids is 1. The lowest BCUT2D eigenvalue weighted by molar-refractivity contribution is -0.149. The van der Waals surface area contributed by atoms with E-state index in [-0.39, 0.29) is 12.3 Å². The van der Waals surface area contributed by atoms with Crippen molar-refractivity contribution in [1.82, 2.24) is 4.90 Å². The van der Waals surface area contributed by atoms with Crippen LogP contribution >= 0.6 is 0 Å². The number of aliphatic carboxylic acids is 1. The predicted octanol–water partition coefficient (Wildman–Crippen LogP) is 3.21. The maximum Gasteiger partial charge on any atom is 0.416 e. The number of alkyl halides is 3. The molecule has 0 aliphatic heterocycles. The molecular weight excluding hydrogens is 311 g/mol. The molecule has 0 radical (unpaired) electrons. The van der Waals surface area contributed by atoms with Crippen LogP contribution in [0.2, 0.25) is 0 Å². The highest BCUT2D eigenvalue weighted by Gasteiger charge is 2.30. The second-order valence-corrected chi connectivity index (χ2v) is 5.47. The lowest BCUT2D eigenvalue weighted by Crippen LogP contribution is -2.43. The third-order valence-corrected chi connectivity index (χ3v) is 3.89. The fourth-order valence-corrected chi connectivity index (χ4v) is 2.17. The Morgan fingerprint density at radius 2 is 1.74 bits per heavy atom. The average Bonchev–Trinajstić information content (AvgIpc) is 2.49. The molecule has 2 unspecified atom stereocenters. The molecule has 1 amide bonds. The van der Waals surface area contributed by atoms with Gasteiger partial charge in [-0.2, -0.15) is 13.2 Å². The summed E-state index contributed by atoms with van der Waals surface area (Å²) < 4.78 is 37.6. The highest BCUT2D eigenvalue weighted by Crippen LogP contribution is 2.29. The fourth-order valence-electron chi connectivity index (χ4n) is 2.17. The molecule has 128 valence electrons. The van der Waals surface area contributed by atoms with E-state index < -0.39 is 29.7 Å². The number of hydrogen-bond donors (Lipinski definition) is 1. The number of amides is 1. The van der Waals surface area contributed by atoms with E-state index in [2.05, 4.69) is 0 Å². The highest BCUT2D eigenvalue weighted by molar-refractivity contribution is 5.84. The van der Waals surface area contributed by atoms with Crippen molar-refractivity contribution in [2.24, 2.45) is 5.92 Å². The number of hydrogen-bond acceptors (Lipinski definition) is 2. The number of carboxylic acid groups (broad SMARTS) is 1. The Balaban J connectivity index is 2.84. The Morgan fingerprint density at radius 3 is 2.13 bits per heavy atom. The zero-order chi connectivity index (χ0) is 17.8. The van der Waals surface area contributed by atoms with E-state index in [1.807, 2.05) is 0 Å². The van der Waals surface area contributed by atoms with Gasteiger partial charge in [-0.25, -0.2) is 4.79 Å². The molecule has 0 bridgehead atoms. The fraction of sp³-hybridized carbons (Fsp3) is 0.500. The zero-order valence-electron chi connectivity index (χ0n) is 13.2. The molecule has 4 nitrogen and oxygen atoms in total. The first-order valence-electron chi connectivity index (χ1n) is 7.23. The van der Waals surface area contributed by atoms with Gasteiger partial charge in [-0.1, -0.05) is 19.1 Å². The minimum absolute atomic E-state index is 0.268. The molecule has 23 heavy (non-hydrogen) atoms. The third kappa shape index (κ3) is 4.97. The Hall–Kier alpha value is -2.05. The molecule has 0 saturated carbocycles. The molecule has 7 heteroatoms. The van der Waals surface area contributed by atoms with Crippen LogP contribution in [0.3, 0.4) is 0 Å². The molecule has 0 spiro atoms. The van der Waals surface area contributed by atoms with Crippen molar-refractivity contribution in [2.45, 2.75) is 38.9 Å². The van der Waals surface area contributed by atoms with E-state index in [1.165, 1.54) is 26.1 Å². The van der Waals surface area contributed by atoms with Gasteiger partial charge in [-0.3, -0.25) is 4.79 Å². The minimum Gasteiger partial charge on any atom is -0.480 e. The summed E-state index contributed by atoms with van der Waals surface area (Å²) in [6.45, 7) is 3.19. The Morgan fingerprint density at radius 1 is 1.22 bits per heavy atom. The summed E-state index contributed by atoms with van der Waals surface area (Å²) in [6, 6.07) is 3.70. The number of likely N-dealkylation sites (N-methyl/N-ethyl adjacent to an activating group) is 1. The van der Waals surface area contributed by atoms with E-state index in [4.69, 9.17) is 5.11 Å². The molecule has 2 atom stereocenters. The largest absolute Gasteiger partial charge is 0.480 e. The van der Waals surface area contributed by atoms with Crippen LogP contribution in [0, 0.1) is 5.92 Å². The van der Waals surface area contributed by atoms with Crippen molar-refractivity contribution in [2.75, 3.05) is 7.05 Å². The first-order valence-corrected chi connectivity index (χ1v) is 7.23. The quantitative estimate of drug-likeness (QED) is 0.871. The number of carbonyl (C=O) groups is 2. The first-order chi connectivity index (χ1) is 10.6. The van der Waals surface area contributed by atoms with Gasteiger partial charge in [-0.05, 0) is 37.5 Å². The number of nitrogens with zero attached hydrogens (tertiary/aromatic N) is 1. The monoisotopic (exact) mass is 331 g/mol. The van der Waals surface area contributed by atoms with Gasteiger partial charge < -0.3 is 10.0 Å². The SMILES string of the molecule is CCC(Cc1ccc(C(F)(F)F)cc1)C(=O)N(C)C(C)C(=O)O. The second-order valence-electron chi connectivity index (χ2n) is 5.47. The molecule has 1 N–H and O–H groups in total. The maximum atomic E-state index is 12.5. The van der Waals surface area contributed by atoms with Gasteiger partial charge in [0.2, 0.25) is 5.91 Å². The highest BCUT2D eigenvalue weighted by atomic mass is 19.4. The van der Waals surface area contributed by atoms with Crippen LogP contribution in [0.15, 0.2) is 24.3 Å². The second kappa shape index (κ2) is 7.48. The summed E-state index contributed by atoms with van der Waals surface area (Å²) >= 11 is 0. The summed E-state index contributed by atoms with van der Waals surface area (Å²) in [7, 11) is 1.41. The molecule has 0 saturated heterocycles. The zero-order valence-corrected chi connectivity index (χ0v) is 13.2. The molecule has 1 aromatic rings. The van der Waals surface area contributed by atoms with Crippen molar-refractivity contribution < 1.29 is 27.9 Å². The Labute approximate surface area is 132 Å². The van der Waals surface area contributed by atoms with Crippen LogP contribution in [0.25, 0.3) is 0 Å². The van der Waals surface area contributed by atoms with E-state index in [9.17, 15) is 22.8 Å². The van der Waals surface area contributed by atoms with Crippen LogP contribution in [0.5, 0.6) is 0 Å². The van der Waals surface area contributed by atoms with Gasteiger partial charge in [0.25, 0.3) is 0 Å². The van der Waals surface area contributed by atoms with E-state index in [1.54, 1.807) is 6.92 Å². The van der Waals surface area contributed by atoms with Gasteiger partial charge in [0.05, 0.1) is 5.56 Å². The van der Waals surface area contributed by atoms with Gasteiger partial charge >= 0.3 is 12.1 Å². The maximum absolute atomic E-state index is 12.5. The standard InChI is InChI=1S/C16H20F3NO3/c1-4-12(14(21)20(3)10(2)15(22)23)9-11-5-7-13(8-6-11)16(17,18)19/h5-8,10,12H,4,9H2,1-3H3,(H,22,23). The van der Waals surface area contributed by atoms with Crippen molar-refractivity contribution in [3.05, 3.63) is 35.4 Å². The molecule has 0 aliphatic carbocycles. The Kier molecular flexibility index (Phi) is 6.18. The van der Waals surface area contributed by atoms with E-state index in [0.717, 1.165) is 17.0 Å². The Bertz CT molecular complexity index is 555. The topological polar surface area (TPSA) is 57.6 Å². The summed E-state index contributed by atoms with van der Waals surface area (Å²) in [4.78, 5) is 24.4. The van der Waals surface area contributed by atoms with Crippen molar-refractivity contribution in [3.8, 4) is 0 Å². The van der Waals surface area contributed by atoms with Gasteiger partial charge in [0.15, 0.2) is 0 Å². The normalized spacial score (nSPS) is 14.2. The van der Waals surface area contributed by atoms with Gasteiger partial charge in [0.1, 0.15) is 6.04 Å². The first kappa shape index (κ1) is 19.0. The molecular formula is C16H20F3NO3. The number of benzene rings is 1. The lowest BCUT2D eigenvalue weighted by Gasteiger charge is -2.26. The van der Waals surface area contributed by atoms with Crippen LogP contribution < -0.4 is 0 Å². The number of halogens is 3. The number of rotatable bonds is 6. The molecule has 0 heterocycles. The van der Waals surface area contributed by atoms with Crippen LogP contribution in [0.4, 0.5) is 13.2 Å². The predicted molar refractivity (Wildman–Crippen MR) is 78.8 cm³/mol. The van der Waals surface area contributed by atoms with Crippen molar-refractivity contribution >= 4 is 11.9 Å². The molecule has 1 aromatic carbocycles. The summed E-state index contributed by atoms with van der Waals surface area (Å²) in [5.41, 5.74) is -0.133. The van der Waals surface area contributed by atoms with Crippen LogP contribution in [-0.2, 0) is 22.2 Å². The van der Waals surface area contributed by atoms with Gasteiger partial charge in [-0.15, -0.1) is 0 Å². The summed E-state index contributed by atoms with van der Waals surface area (Å²) in [6.07, 6.45) is -3.66. The summed E-state index contributed by atoms with van der Waals surface area (Å²) in [5.74, 6) is -1.91. The third-order valence-electron chi connectivity index (χ3n) is 3.89. The lowest BCUT2D eigenvalue weighted by atomic mass is 9.94. The molecule has 0 aliphatic rings. The van der Waals surface area contributed by atoms with Crippen LogP contribution in [0.1, 0.15) is 31.4 Å². The van der Waals surface area contributed by atoms with Crippen LogP contribution in [-0.4, -0.2) is 35.0 Å². The smallest absolute Gasteiger partial charge is 0.416 e. The van der Waals surface area contributed by atoms with Crippen molar-refractivity contribution in [1.29, 1.82) is 0 Å². The van der Waals surface area contributed by atoms with E-state index in [0.29, 0.717) is 12.0 Å². The summed E-state index contributed by atoms with van der Waals surface area (Å²) in [5, 5.41) is 8.95. The molecule has 0 aromatic heterocycles. The minimum atomic E-state index is -4.39. The average molecular weight is 331 g/mol. The van der Waals surface area contributed by atoms with Crippen molar-refractivity contribution in [3.63, 3.8) is 0 Å². The molecule has 1 rings (SSSR count).